The van der Waals surface area contributed by atoms with Crippen molar-refractivity contribution >= 4 is 5.97 Å². The van der Waals surface area contributed by atoms with Crippen molar-refractivity contribution in [3.63, 3.8) is 0 Å². The van der Waals surface area contributed by atoms with E-state index in [0.29, 0.717) is 30.7 Å². The number of esters is 1. The molecule has 0 amide bonds. The Hall–Kier alpha value is -0.830. The summed E-state index contributed by atoms with van der Waals surface area (Å²) in [5, 5.41) is 3.22. The zero-order valence-corrected chi connectivity index (χ0v) is 9.59. The minimum absolute atomic E-state index is 0.309. The van der Waals surface area contributed by atoms with Crippen LogP contribution in [-0.2, 0) is 9.53 Å². The zero-order chi connectivity index (χ0) is 11.1. The van der Waals surface area contributed by atoms with Gasteiger partial charge in [0, 0.05) is 18.2 Å². The molecule has 0 bridgehead atoms. The number of hydrogen-bond acceptors (Lipinski definition) is 3. The van der Waals surface area contributed by atoms with Gasteiger partial charge in [-0.05, 0) is 19.8 Å². The molecule has 82 valence electrons. The van der Waals surface area contributed by atoms with Crippen LogP contribution in [-0.4, -0.2) is 25.2 Å². The van der Waals surface area contributed by atoms with E-state index in [0.717, 1.165) is 0 Å². The van der Waals surface area contributed by atoms with Gasteiger partial charge in [0.2, 0.25) is 0 Å². The Morgan fingerprint density at radius 2 is 2.00 bits per heavy atom. The van der Waals surface area contributed by atoms with Gasteiger partial charge in [0.1, 0.15) is 0 Å². The maximum atomic E-state index is 11.2. The van der Waals surface area contributed by atoms with Crippen LogP contribution in [0.3, 0.4) is 0 Å². The Bertz CT molecular complexity index is 199. The standard InChI is InChI=1S/C11H21NO2/c1-6-14-11(13)9(4)7-12-10(5)8(2)3/h8,10,12H,4,6-7H2,1-3,5H3. The van der Waals surface area contributed by atoms with Gasteiger partial charge < -0.3 is 10.1 Å². The Balaban J connectivity index is 3.79. The first-order valence-electron chi connectivity index (χ1n) is 5.07. The molecule has 0 rings (SSSR count). The lowest BCUT2D eigenvalue weighted by molar-refractivity contribution is -0.138. The molecule has 1 N–H and O–H groups in total. The highest BCUT2D eigenvalue weighted by Gasteiger charge is 2.10. The second-order valence-corrected chi connectivity index (χ2v) is 3.74. The predicted molar refractivity (Wildman–Crippen MR) is 58.1 cm³/mol. The van der Waals surface area contributed by atoms with Gasteiger partial charge in [-0.2, -0.15) is 0 Å². The minimum atomic E-state index is -0.309. The van der Waals surface area contributed by atoms with E-state index >= 15 is 0 Å². The molecule has 0 aliphatic heterocycles. The number of ether oxygens (including phenoxy) is 1. The molecule has 0 spiro atoms. The lowest BCUT2D eigenvalue weighted by Gasteiger charge is -2.17. The molecule has 3 nitrogen and oxygen atoms in total. The van der Waals surface area contributed by atoms with E-state index in [2.05, 4.69) is 32.7 Å². The van der Waals surface area contributed by atoms with Crippen LogP contribution in [0.5, 0.6) is 0 Å². The molecular formula is C11H21NO2. The molecule has 3 heteroatoms. The maximum absolute atomic E-state index is 11.2. The highest BCUT2D eigenvalue weighted by molar-refractivity contribution is 5.88. The van der Waals surface area contributed by atoms with Gasteiger partial charge in [0.05, 0.1) is 6.61 Å². The highest BCUT2D eigenvalue weighted by atomic mass is 16.5. The smallest absolute Gasteiger partial charge is 0.334 e. The molecule has 0 aliphatic carbocycles. The molecule has 0 fully saturated rings. The van der Waals surface area contributed by atoms with E-state index in [1.165, 1.54) is 0 Å². The van der Waals surface area contributed by atoms with Crippen molar-refractivity contribution < 1.29 is 9.53 Å². The van der Waals surface area contributed by atoms with E-state index in [1.807, 2.05) is 0 Å². The fourth-order valence-electron chi connectivity index (χ4n) is 0.825. The van der Waals surface area contributed by atoms with Gasteiger partial charge in [0.25, 0.3) is 0 Å². The third-order valence-corrected chi connectivity index (χ3v) is 2.20. The van der Waals surface area contributed by atoms with Crippen molar-refractivity contribution in [3.8, 4) is 0 Å². The monoisotopic (exact) mass is 199 g/mol. The van der Waals surface area contributed by atoms with Crippen LogP contribution < -0.4 is 5.32 Å². The Kier molecular flexibility index (Phi) is 6.21. The summed E-state index contributed by atoms with van der Waals surface area (Å²) in [6, 6.07) is 0.376. The molecule has 0 aliphatic rings. The van der Waals surface area contributed by atoms with Crippen molar-refractivity contribution in [1.29, 1.82) is 0 Å². The summed E-state index contributed by atoms with van der Waals surface area (Å²) in [5.74, 6) is 0.237. The second kappa shape index (κ2) is 6.60. The van der Waals surface area contributed by atoms with Crippen molar-refractivity contribution in [2.75, 3.05) is 13.2 Å². The van der Waals surface area contributed by atoms with E-state index < -0.39 is 0 Å². The number of hydrogen-bond donors (Lipinski definition) is 1. The van der Waals surface area contributed by atoms with Gasteiger partial charge >= 0.3 is 5.97 Å². The van der Waals surface area contributed by atoms with Gasteiger partial charge in [-0.1, -0.05) is 20.4 Å². The van der Waals surface area contributed by atoms with Crippen molar-refractivity contribution in [1.82, 2.24) is 5.32 Å². The molecule has 0 aromatic carbocycles. The number of nitrogens with one attached hydrogen (secondary N) is 1. The second-order valence-electron chi connectivity index (χ2n) is 3.74. The lowest BCUT2D eigenvalue weighted by Crippen LogP contribution is -2.33. The Morgan fingerprint density at radius 1 is 1.43 bits per heavy atom. The predicted octanol–water partition coefficient (Wildman–Crippen LogP) is 1.74. The van der Waals surface area contributed by atoms with Crippen LogP contribution >= 0.6 is 0 Å². The molecular weight excluding hydrogens is 178 g/mol. The fourth-order valence-corrected chi connectivity index (χ4v) is 0.825. The van der Waals surface area contributed by atoms with E-state index in [4.69, 9.17) is 4.74 Å². The van der Waals surface area contributed by atoms with Crippen LogP contribution in [0.4, 0.5) is 0 Å². The van der Waals surface area contributed by atoms with Crippen LogP contribution in [0.15, 0.2) is 12.2 Å². The van der Waals surface area contributed by atoms with Crippen LogP contribution in [0.1, 0.15) is 27.7 Å². The van der Waals surface area contributed by atoms with Crippen molar-refractivity contribution in [3.05, 3.63) is 12.2 Å². The van der Waals surface area contributed by atoms with Gasteiger partial charge in [-0.15, -0.1) is 0 Å². The molecule has 0 heterocycles. The number of rotatable bonds is 6. The fraction of sp³-hybridized carbons (Fsp3) is 0.727. The third kappa shape index (κ3) is 5.02. The van der Waals surface area contributed by atoms with E-state index in [9.17, 15) is 4.79 Å². The summed E-state index contributed by atoms with van der Waals surface area (Å²) in [7, 11) is 0. The Morgan fingerprint density at radius 3 is 2.43 bits per heavy atom. The maximum Gasteiger partial charge on any atom is 0.334 e. The molecule has 0 aromatic heterocycles. The van der Waals surface area contributed by atoms with Gasteiger partial charge in [0.15, 0.2) is 0 Å². The first-order valence-corrected chi connectivity index (χ1v) is 5.07. The largest absolute Gasteiger partial charge is 0.463 e. The molecule has 1 atom stereocenters. The van der Waals surface area contributed by atoms with Crippen LogP contribution in [0.2, 0.25) is 0 Å². The molecule has 0 radical (unpaired) electrons. The van der Waals surface area contributed by atoms with E-state index in [-0.39, 0.29) is 5.97 Å². The molecule has 0 saturated carbocycles. The van der Waals surface area contributed by atoms with Gasteiger partial charge in [-0.25, -0.2) is 4.79 Å². The SMILES string of the molecule is C=C(CNC(C)C(C)C)C(=O)OCC. The first-order chi connectivity index (χ1) is 6.49. The topological polar surface area (TPSA) is 38.3 Å². The van der Waals surface area contributed by atoms with E-state index in [1.54, 1.807) is 6.92 Å². The highest BCUT2D eigenvalue weighted by Crippen LogP contribution is 2.01. The molecule has 0 saturated heterocycles. The zero-order valence-electron chi connectivity index (χ0n) is 9.59. The summed E-state index contributed by atoms with van der Waals surface area (Å²) in [4.78, 5) is 11.2. The average molecular weight is 199 g/mol. The number of carbonyl (C=O) groups is 1. The summed E-state index contributed by atoms with van der Waals surface area (Å²) >= 11 is 0. The summed E-state index contributed by atoms with van der Waals surface area (Å²) in [6.45, 7) is 12.7. The average Bonchev–Trinajstić information content (AvgIpc) is 2.13. The molecule has 14 heavy (non-hydrogen) atoms. The minimum Gasteiger partial charge on any atom is -0.463 e. The Labute approximate surface area is 86.5 Å². The normalized spacial score (nSPS) is 12.6. The molecule has 0 aromatic rings. The van der Waals surface area contributed by atoms with Crippen molar-refractivity contribution in [2.45, 2.75) is 33.7 Å². The van der Waals surface area contributed by atoms with Crippen LogP contribution in [0, 0.1) is 5.92 Å². The van der Waals surface area contributed by atoms with Crippen LogP contribution in [0.25, 0.3) is 0 Å². The number of carbonyl (C=O) groups excluding carboxylic acids is 1. The van der Waals surface area contributed by atoms with Crippen molar-refractivity contribution in [2.24, 2.45) is 5.92 Å². The summed E-state index contributed by atoms with van der Waals surface area (Å²) < 4.78 is 4.82. The lowest BCUT2D eigenvalue weighted by atomic mass is 10.1. The third-order valence-electron chi connectivity index (χ3n) is 2.20. The van der Waals surface area contributed by atoms with Gasteiger partial charge in [-0.3, -0.25) is 0 Å². The first kappa shape index (κ1) is 13.2. The quantitative estimate of drug-likeness (QED) is 0.523. The molecule has 1 unspecified atom stereocenters. The summed E-state index contributed by atoms with van der Waals surface area (Å²) in [5.41, 5.74) is 0.486. The summed E-state index contributed by atoms with van der Waals surface area (Å²) in [6.07, 6.45) is 0.